The van der Waals surface area contributed by atoms with Crippen molar-refractivity contribution in [1.82, 2.24) is 19.4 Å². The molecule has 3 aromatic rings. The summed E-state index contributed by atoms with van der Waals surface area (Å²) < 4.78 is 2.41. The highest BCUT2D eigenvalue weighted by Gasteiger charge is 2.28. The molecule has 0 saturated heterocycles. The zero-order valence-electron chi connectivity index (χ0n) is 22.2. The third-order valence-electron chi connectivity index (χ3n) is 7.53. The topological polar surface area (TPSA) is 110 Å². The quantitative estimate of drug-likeness (QED) is 0.360. The second-order valence-electron chi connectivity index (χ2n) is 10.2. The Kier molecular flexibility index (Phi) is 7.65. The lowest BCUT2D eigenvalue weighted by Crippen LogP contribution is -2.42. The summed E-state index contributed by atoms with van der Waals surface area (Å²) in [6.07, 6.45) is 8.01. The summed E-state index contributed by atoms with van der Waals surface area (Å²) in [5.74, 6) is -0.549. The van der Waals surface area contributed by atoms with Crippen LogP contribution in [-0.4, -0.2) is 44.7 Å². The van der Waals surface area contributed by atoms with Gasteiger partial charge in [-0.25, -0.2) is 9.36 Å². The summed E-state index contributed by atoms with van der Waals surface area (Å²) in [4.78, 5) is 67.7. The Labute approximate surface area is 229 Å². The monoisotopic (exact) mass is 548 g/mol. The fourth-order valence-corrected chi connectivity index (χ4v) is 6.75. The van der Waals surface area contributed by atoms with Crippen LogP contribution in [0.25, 0.3) is 15.9 Å². The van der Waals surface area contributed by atoms with Crippen LogP contribution in [0.1, 0.15) is 66.8 Å². The van der Waals surface area contributed by atoms with Crippen molar-refractivity contribution in [1.29, 1.82) is 0 Å². The van der Waals surface area contributed by atoms with Crippen LogP contribution in [0.15, 0.2) is 45.5 Å². The molecule has 3 heterocycles. The van der Waals surface area contributed by atoms with Gasteiger partial charge in [0.25, 0.3) is 5.56 Å². The van der Waals surface area contributed by atoms with Gasteiger partial charge in [-0.2, -0.15) is 0 Å². The molecule has 0 spiro atoms. The summed E-state index contributed by atoms with van der Waals surface area (Å²) in [6.45, 7) is 4.01. The molecular formula is C29H32N4O5S. The average molecular weight is 549 g/mol. The maximum absolute atomic E-state index is 13.8. The average Bonchev–Trinajstić information content (AvgIpc) is 3.31. The van der Waals surface area contributed by atoms with E-state index in [9.17, 15) is 24.0 Å². The standard InChI is InChI=1S/C29H32N4O5S/c1-18(34)21-9-6-10-22(15-21)33-27(37)26-23-12-14-31(19(2)35)16-24(23)39-28(26)32(29(33)38)17-25(36)30-13-11-20-7-4-3-5-8-20/h6-7,9-10,15H,3-5,8,11-14,16-17H2,1-2H3,(H,30,36). The first-order chi connectivity index (χ1) is 18.7. The van der Waals surface area contributed by atoms with Crippen LogP contribution in [0.2, 0.25) is 0 Å². The van der Waals surface area contributed by atoms with Crippen LogP contribution in [0.4, 0.5) is 0 Å². The highest BCUT2D eigenvalue weighted by atomic mass is 32.1. The van der Waals surface area contributed by atoms with Crippen molar-refractivity contribution in [2.75, 3.05) is 13.1 Å². The van der Waals surface area contributed by atoms with Gasteiger partial charge >= 0.3 is 5.69 Å². The molecule has 9 nitrogen and oxygen atoms in total. The number of allylic oxidation sites excluding steroid dienone is 1. The van der Waals surface area contributed by atoms with Gasteiger partial charge in [0.15, 0.2) is 5.78 Å². The number of hydrogen-bond donors (Lipinski definition) is 1. The Hall–Kier alpha value is -3.79. The van der Waals surface area contributed by atoms with Gasteiger partial charge in [0.1, 0.15) is 11.4 Å². The summed E-state index contributed by atoms with van der Waals surface area (Å²) in [6, 6.07) is 6.40. The van der Waals surface area contributed by atoms with Crippen molar-refractivity contribution in [2.45, 2.75) is 65.5 Å². The van der Waals surface area contributed by atoms with Gasteiger partial charge in [-0.3, -0.25) is 23.7 Å². The summed E-state index contributed by atoms with van der Waals surface area (Å²) in [5, 5.41) is 3.33. The molecule has 1 N–H and O–H groups in total. The molecule has 0 fully saturated rings. The number of rotatable bonds is 7. The molecule has 0 radical (unpaired) electrons. The van der Waals surface area contributed by atoms with Gasteiger partial charge in [0, 0.05) is 30.5 Å². The molecule has 0 unspecified atom stereocenters. The molecule has 2 aliphatic rings. The molecule has 0 bridgehead atoms. The molecule has 39 heavy (non-hydrogen) atoms. The number of thiophene rings is 1. The summed E-state index contributed by atoms with van der Waals surface area (Å²) >= 11 is 1.29. The predicted molar refractivity (Wildman–Crippen MR) is 151 cm³/mol. The molecule has 2 amide bonds. The maximum atomic E-state index is 13.8. The number of nitrogens with zero attached hydrogens (tertiary/aromatic N) is 3. The first-order valence-electron chi connectivity index (χ1n) is 13.4. The van der Waals surface area contributed by atoms with Crippen molar-refractivity contribution in [2.24, 2.45) is 0 Å². The van der Waals surface area contributed by atoms with Crippen LogP contribution >= 0.6 is 11.3 Å². The minimum Gasteiger partial charge on any atom is -0.354 e. The van der Waals surface area contributed by atoms with Crippen molar-refractivity contribution in [3.63, 3.8) is 0 Å². The van der Waals surface area contributed by atoms with Crippen molar-refractivity contribution < 1.29 is 14.4 Å². The number of benzene rings is 1. The normalized spacial score (nSPS) is 15.1. The molecule has 5 rings (SSSR count). The number of carbonyl (C=O) groups excluding carboxylic acids is 3. The van der Waals surface area contributed by atoms with E-state index in [0.29, 0.717) is 41.8 Å². The molecule has 0 atom stereocenters. The number of fused-ring (bicyclic) bond motifs is 3. The van der Waals surface area contributed by atoms with Crippen LogP contribution < -0.4 is 16.6 Å². The maximum Gasteiger partial charge on any atom is 0.337 e. The molecule has 204 valence electrons. The number of aromatic nitrogens is 2. The Bertz CT molecular complexity index is 1630. The van der Waals surface area contributed by atoms with E-state index in [1.807, 2.05) is 0 Å². The fourth-order valence-electron chi connectivity index (χ4n) is 5.40. The smallest absolute Gasteiger partial charge is 0.337 e. The molecule has 1 aliphatic heterocycles. The Morgan fingerprint density at radius 2 is 1.90 bits per heavy atom. The third kappa shape index (κ3) is 5.38. The zero-order valence-corrected chi connectivity index (χ0v) is 23.1. The molecule has 0 saturated carbocycles. The molecule has 10 heteroatoms. The van der Waals surface area contributed by atoms with E-state index < -0.39 is 11.2 Å². The van der Waals surface area contributed by atoms with Crippen molar-refractivity contribution >= 4 is 39.2 Å². The number of Topliss-reactive ketones (excluding diaryl/α,β-unsaturated/α-hetero) is 1. The second-order valence-corrected chi connectivity index (χ2v) is 11.3. The van der Waals surface area contributed by atoms with Crippen LogP contribution in [-0.2, 0) is 29.1 Å². The molecular weight excluding hydrogens is 516 g/mol. The van der Waals surface area contributed by atoms with Gasteiger partial charge in [-0.05, 0) is 63.1 Å². The minimum atomic E-state index is -0.639. The fraction of sp³-hybridized carbons (Fsp3) is 0.414. The lowest BCUT2D eigenvalue weighted by Gasteiger charge is -2.25. The Balaban J connectivity index is 1.57. The van der Waals surface area contributed by atoms with Gasteiger partial charge in [0.05, 0.1) is 17.6 Å². The number of ketones is 1. The largest absolute Gasteiger partial charge is 0.354 e. The second kappa shape index (κ2) is 11.1. The lowest BCUT2D eigenvalue weighted by molar-refractivity contribution is -0.129. The predicted octanol–water partition coefficient (Wildman–Crippen LogP) is 3.33. The summed E-state index contributed by atoms with van der Waals surface area (Å²) in [5.41, 5.74) is 1.70. The lowest BCUT2D eigenvalue weighted by atomic mass is 9.97. The highest BCUT2D eigenvalue weighted by molar-refractivity contribution is 7.18. The van der Waals surface area contributed by atoms with Crippen LogP contribution in [0.3, 0.4) is 0 Å². The van der Waals surface area contributed by atoms with Crippen LogP contribution in [0, 0.1) is 0 Å². The number of carbonyl (C=O) groups is 3. The third-order valence-corrected chi connectivity index (χ3v) is 8.77. The van der Waals surface area contributed by atoms with Crippen molar-refractivity contribution in [3.8, 4) is 5.69 Å². The Morgan fingerprint density at radius 3 is 2.62 bits per heavy atom. The minimum absolute atomic E-state index is 0.0542. The summed E-state index contributed by atoms with van der Waals surface area (Å²) in [7, 11) is 0. The van der Waals surface area contributed by atoms with Gasteiger partial charge in [0.2, 0.25) is 11.8 Å². The number of amides is 2. The highest BCUT2D eigenvalue weighted by Crippen LogP contribution is 2.33. The van der Waals surface area contributed by atoms with E-state index >= 15 is 0 Å². The van der Waals surface area contributed by atoms with Gasteiger partial charge in [-0.15, -0.1) is 11.3 Å². The molecule has 1 aliphatic carbocycles. The van der Waals surface area contributed by atoms with E-state index in [4.69, 9.17) is 0 Å². The first-order valence-corrected chi connectivity index (χ1v) is 14.2. The van der Waals surface area contributed by atoms with Gasteiger partial charge < -0.3 is 10.2 Å². The number of nitrogens with one attached hydrogen (secondary N) is 1. The van der Waals surface area contributed by atoms with E-state index in [-0.39, 0.29) is 29.8 Å². The van der Waals surface area contributed by atoms with E-state index in [2.05, 4.69) is 11.4 Å². The van der Waals surface area contributed by atoms with E-state index in [1.54, 1.807) is 23.1 Å². The van der Waals surface area contributed by atoms with Gasteiger partial charge in [-0.1, -0.05) is 23.8 Å². The van der Waals surface area contributed by atoms with E-state index in [0.717, 1.165) is 34.3 Å². The first kappa shape index (κ1) is 26.8. The van der Waals surface area contributed by atoms with Crippen molar-refractivity contribution in [3.05, 3.63) is 72.8 Å². The number of hydrogen-bond acceptors (Lipinski definition) is 6. The Morgan fingerprint density at radius 1 is 1.08 bits per heavy atom. The molecule has 1 aromatic carbocycles. The zero-order chi connectivity index (χ0) is 27.7. The SMILES string of the molecule is CC(=O)c1cccc(-n2c(=O)c3c4c(sc3n(CC(=O)NCCC3=CCCCC3)c2=O)CN(C(C)=O)CC4)c1. The van der Waals surface area contributed by atoms with Crippen LogP contribution in [0.5, 0.6) is 0 Å². The van der Waals surface area contributed by atoms with E-state index in [1.165, 1.54) is 54.2 Å². The molecule has 2 aromatic heterocycles.